The predicted octanol–water partition coefficient (Wildman–Crippen LogP) is 5.00. The number of ether oxygens (including phenoxy) is 2. The summed E-state index contributed by atoms with van der Waals surface area (Å²) in [5.41, 5.74) is 18.3. The maximum atomic E-state index is 13.5. The van der Waals surface area contributed by atoms with Gasteiger partial charge in [-0.05, 0) is 42.8 Å². The summed E-state index contributed by atoms with van der Waals surface area (Å²) in [7, 11) is 4.04. The molecule has 0 atom stereocenters. The number of nitrogens with zero attached hydrogens (tertiary/aromatic N) is 2. The van der Waals surface area contributed by atoms with Crippen molar-refractivity contribution in [3.63, 3.8) is 0 Å². The predicted molar refractivity (Wildman–Crippen MR) is 164 cm³/mol. The molecule has 0 saturated carbocycles. The Balaban J connectivity index is 0.000000252. The van der Waals surface area contributed by atoms with Crippen LogP contribution in [0.5, 0.6) is 11.5 Å². The molecule has 14 heteroatoms. The van der Waals surface area contributed by atoms with Gasteiger partial charge in [-0.1, -0.05) is 13.3 Å². The lowest BCUT2D eigenvalue weighted by Gasteiger charge is -2.14. The van der Waals surface area contributed by atoms with E-state index in [-0.39, 0.29) is 17.1 Å². The average molecular weight is 647 g/mol. The summed E-state index contributed by atoms with van der Waals surface area (Å²) < 4.78 is 75.5. The van der Waals surface area contributed by atoms with Crippen molar-refractivity contribution in [3.8, 4) is 17.6 Å². The number of unbranched alkanes of at least 4 members (excludes halogenated alkanes) is 1. The van der Waals surface area contributed by atoms with Gasteiger partial charge >= 0.3 is 5.97 Å². The van der Waals surface area contributed by atoms with Crippen LogP contribution in [-0.4, -0.2) is 26.7 Å². The van der Waals surface area contributed by atoms with Crippen molar-refractivity contribution in [1.29, 1.82) is 5.26 Å². The molecular formula is C32H35F5N6O3+2. The fraction of sp³-hybridized carbons (Fsp3) is 0.188. The lowest BCUT2D eigenvalue weighted by atomic mass is 10.2. The number of carbonyl (C=O) groups is 1. The smallest absolute Gasteiger partial charge is 0.346 e. The topological polar surface area (TPSA) is 170 Å². The zero-order valence-electron chi connectivity index (χ0n) is 25.5. The number of hydrogen-bond donors (Lipinski definition) is 4. The van der Waals surface area contributed by atoms with Crippen LogP contribution in [-0.2, 0) is 0 Å². The first kappa shape index (κ1) is 36.8. The van der Waals surface area contributed by atoms with Gasteiger partial charge in [-0.3, -0.25) is 0 Å². The molecule has 4 aromatic carbocycles. The van der Waals surface area contributed by atoms with Gasteiger partial charge in [-0.15, -0.1) is 0 Å². The minimum absolute atomic E-state index is 0.0287. The van der Waals surface area contributed by atoms with Crippen molar-refractivity contribution in [2.45, 2.75) is 19.8 Å². The van der Waals surface area contributed by atoms with E-state index in [9.17, 15) is 26.7 Å². The molecule has 0 aliphatic rings. The first-order chi connectivity index (χ1) is 21.7. The molecule has 0 unspecified atom stereocenters. The molecule has 9 nitrogen and oxygen atoms in total. The van der Waals surface area contributed by atoms with Crippen LogP contribution in [0.4, 0.5) is 50.4 Å². The van der Waals surface area contributed by atoms with E-state index in [1.807, 2.05) is 26.2 Å². The molecule has 4 aromatic rings. The molecule has 244 valence electrons. The summed E-state index contributed by atoms with van der Waals surface area (Å²) in [5.74, 6) is -5.24. The van der Waals surface area contributed by atoms with Crippen molar-refractivity contribution < 1.29 is 47.7 Å². The summed E-state index contributed by atoms with van der Waals surface area (Å²) in [6, 6.07) is 14.2. The SMILES string of the molecule is CCCCOc1cc(N(C)C)ccc1[NH3+].N#Cc1c(F)cc(N)cc1F.Nc1ccc(C(=O)Oc2cc(F)c([NH3+])c(F)c2)c(F)c1. The van der Waals surface area contributed by atoms with Gasteiger partial charge in [0.25, 0.3) is 0 Å². The number of carbonyl (C=O) groups excluding carboxylic acids is 1. The lowest BCUT2D eigenvalue weighted by Crippen LogP contribution is -2.42. The molecule has 0 bridgehead atoms. The van der Waals surface area contributed by atoms with Crippen LogP contribution in [0.2, 0.25) is 0 Å². The highest BCUT2D eigenvalue weighted by molar-refractivity contribution is 5.91. The summed E-state index contributed by atoms with van der Waals surface area (Å²) in [6.45, 7) is 2.93. The van der Waals surface area contributed by atoms with Gasteiger partial charge in [-0.25, -0.2) is 26.7 Å². The fourth-order valence-electron chi connectivity index (χ4n) is 3.48. The van der Waals surface area contributed by atoms with Crippen molar-refractivity contribution >= 4 is 34.4 Å². The monoisotopic (exact) mass is 646 g/mol. The standard InChI is InChI=1S/C13H9F3N2O2.C12H20N2O.C7H4F2N2/c14-9-3-6(17)1-2-8(9)13(19)20-7-4-10(15)12(18)11(16)5-7;1-4-5-8-15-12-9-10(14(2)3)6-7-11(12)13;8-6-1-4(11)2-7(9)5(6)3-10/h1-5H,17-18H2;6-7,9H,4-5,8,13H2,1-3H3;1-2H,11H2/p+2. The van der Waals surface area contributed by atoms with E-state index >= 15 is 0 Å². The van der Waals surface area contributed by atoms with E-state index in [2.05, 4.69) is 29.4 Å². The Morgan fingerprint density at radius 2 is 1.43 bits per heavy atom. The third-order valence-corrected chi connectivity index (χ3v) is 6.04. The molecule has 10 N–H and O–H groups in total. The second kappa shape index (κ2) is 17.2. The lowest BCUT2D eigenvalue weighted by molar-refractivity contribution is -0.262. The van der Waals surface area contributed by atoms with Crippen molar-refractivity contribution in [3.05, 3.63) is 101 Å². The first-order valence-corrected chi connectivity index (χ1v) is 13.7. The highest BCUT2D eigenvalue weighted by Gasteiger charge is 2.18. The molecule has 0 aliphatic carbocycles. The summed E-state index contributed by atoms with van der Waals surface area (Å²) >= 11 is 0. The van der Waals surface area contributed by atoms with Gasteiger partial charge < -0.3 is 37.3 Å². The van der Waals surface area contributed by atoms with Gasteiger partial charge in [0, 0.05) is 55.4 Å². The van der Waals surface area contributed by atoms with Crippen LogP contribution < -0.4 is 37.3 Å². The first-order valence-electron chi connectivity index (χ1n) is 13.7. The van der Waals surface area contributed by atoms with E-state index in [0.29, 0.717) is 0 Å². The molecule has 46 heavy (non-hydrogen) atoms. The Morgan fingerprint density at radius 1 is 0.848 bits per heavy atom. The Hall–Kier alpha value is -5.39. The van der Waals surface area contributed by atoms with Gasteiger partial charge in [-0.2, -0.15) is 5.26 Å². The molecule has 0 amide bonds. The van der Waals surface area contributed by atoms with Crippen LogP contribution in [0, 0.1) is 40.4 Å². The number of halogens is 5. The van der Waals surface area contributed by atoms with Crippen LogP contribution in [0.25, 0.3) is 0 Å². The quantitative estimate of drug-likeness (QED) is 0.0720. The number of quaternary nitrogens is 2. The van der Waals surface area contributed by atoms with E-state index in [1.165, 1.54) is 12.1 Å². The molecule has 0 fully saturated rings. The minimum Gasteiger partial charge on any atom is -0.487 e. The number of benzene rings is 4. The Kier molecular flexibility index (Phi) is 13.8. The van der Waals surface area contributed by atoms with Gasteiger partial charge in [0.1, 0.15) is 34.8 Å². The number of hydrogen-bond acceptors (Lipinski definition) is 7. The minimum atomic E-state index is -1.09. The van der Waals surface area contributed by atoms with Gasteiger partial charge in [0.2, 0.25) is 0 Å². The second-order valence-electron chi connectivity index (χ2n) is 9.85. The zero-order chi connectivity index (χ0) is 34.6. The number of nitrogens with two attached hydrogens (primary N) is 2. The second-order valence-corrected chi connectivity index (χ2v) is 9.85. The number of nitriles is 1. The van der Waals surface area contributed by atoms with Crippen LogP contribution in [0.3, 0.4) is 0 Å². The number of nitrogen functional groups attached to an aromatic ring is 2. The van der Waals surface area contributed by atoms with E-state index in [4.69, 9.17) is 26.2 Å². The van der Waals surface area contributed by atoms with Crippen LogP contribution >= 0.6 is 0 Å². The van der Waals surface area contributed by atoms with Crippen molar-refractivity contribution in [1.82, 2.24) is 0 Å². The van der Waals surface area contributed by atoms with Gasteiger partial charge in [0.15, 0.2) is 28.8 Å². The average Bonchev–Trinajstić information content (AvgIpc) is 2.97. The summed E-state index contributed by atoms with van der Waals surface area (Å²) in [4.78, 5) is 13.8. The molecule has 0 heterocycles. The van der Waals surface area contributed by atoms with Crippen LogP contribution in [0.1, 0.15) is 35.7 Å². The fourth-order valence-corrected chi connectivity index (χ4v) is 3.48. The zero-order valence-corrected chi connectivity index (χ0v) is 25.5. The molecule has 0 spiro atoms. The summed E-state index contributed by atoms with van der Waals surface area (Å²) in [6.07, 6.45) is 2.24. The number of anilines is 3. The highest BCUT2D eigenvalue weighted by Crippen LogP contribution is 2.26. The van der Waals surface area contributed by atoms with E-state index in [1.54, 1.807) is 0 Å². The van der Waals surface area contributed by atoms with Gasteiger partial charge in [0.05, 0.1) is 12.2 Å². The van der Waals surface area contributed by atoms with Crippen LogP contribution in [0.15, 0.2) is 60.7 Å². The molecular weight excluding hydrogens is 611 g/mol. The molecule has 4 rings (SSSR count). The molecule has 0 aliphatic heterocycles. The normalized spacial score (nSPS) is 10.0. The van der Waals surface area contributed by atoms with Crippen molar-refractivity contribution in [2.24, 2.45) is 0 Å². The van der Waals surface area contributed by atoms with E-state index in [0.717, 1.165) is 73.0 Å². The van der Waals surface area contributed by atoms with E-state index < -0.39 is 51.9 Å². The number of rotatable bonds is 7. The molecule has 0 aromatic heterocycles. The largest absolute Gasteiger partial charge is 0.487 e. The molecule has 0 radical (unpaired) electrons. The summed E-state index contributed by atoms with van der Waals surface area (Å²) in [5, 5.41) is 8.22. The van der Waals surface area contributed by atoms with Crippen molar-refractivity contribution in [2.75, 3.05) is 37.1 Å². The highest BCUT2D eigenvalue weighted by atomic mass is 19.1. The Labute approximate surface area is 262 Å². The third kappa shape index (κ3) is 10.7. The number of esters is 1. The maximum Gasteiger partial charge on any atom is 0.346 e. The molecule has 0 saturated heterocycles. The third-order valence-electron chi connectivity index (χ3n) is 6.04. The Morgan fingerprint density at radius 3 is 1.96 bits per heavy atom. The maximum absolute atomic E-state index is 13.5. The Bertz CT molecular complexity index is 1670.